The van der Waals surface area contributed by atoms with Crippen molar-refractivity contribution in [1.82, 2.24) is 0 Å². The molecule has 2 heteroatoms. The lowest BCUT2D eigenvalue weighted by Crippen LogP contribution is -1.96. The van der Waals surface area contributed by atoms with Crippen LogP contribution in [0.4, 0.5) is 4.39 Å². The fraction of sp³-hybridized carbons (Fsp3) is 0.857. The molecule has 0 saturated carbocycles. The van der Waals surface area contributed by atoms with Crippen LogP contribution >= 0.6 is 0 Å². The summed E-state index contributed by atoms with van der Waals surface area (Å²) >= 11 is 0. The molecule has 1 nitrogen and oxygen atoms in total. The second kappa shape index (κ2) is 5.73. The predicted molar refractivity (Wildman–Crippen MR) is 35.1 cm³/mol. The van der Waals surface area contributed by atoms with Crippen molar-refractivity contribution in [3.63, 3.8) is 0 Å². The molecule has 0 aliphatic carbocycles. The minimum atomic E-state index is -0.366. The molecule has 0 spiro atoms. The Kier molecular flexibility index (Phi) is 5.48. The number of rotatable bonds is 5. The van der Waals surface area contributed by atoms with Gasteiger partial charge < -0.3 is 0 Å². The van der Waals surface area contributed by atoms with Crippen molar-refractivity contribution in [2.24, 2.45) is 0 Å². The third-order valence-electron chi connectivity index (χ3n) is 1.12. The van der Waals surface area contributed by atoms with Gasteiger partial charge in [0.2, 0.25) is 0 Å². The largest absolute Gasteiger partial charge is 0.300 e. The highest BCUT2D eigenvalue weighted by molar-refractivity contribution is 5.78. The van der Waals surface area contributed by atoms with E-state index in [2.05, 4.69) is 0 Å². The van der Waals surface area contributed by atoms with Crippen molar-refractivity contribution in [2.75, 3.05) is 6.67 Å². The molecule has 0 atom stereocenters. The van der Waals surface area contributed by atoms with Gasteiger partial charge in [-0.05, 0) is 12.8 Å². The van der Waals surface area contributed by atoms with E-state index in [0.29, 0.717) is 19.3 Å². The van der Waals surface area contributed by atoms with E-state index in [0.717, 1.165) is 6.42 Å². The van der Waals surface area contributed by atoms with E-state index in [1.807, 2.05) is 6.92 Å². The van der Waals surface area contributed by atoms with Gasteiger partial charge in [-0.2, -0.15) is 0 Å². The molecule has 9 heavy (non-hydrogen) atoms. The van der Waals surface area contributed by atoms with Gasteiger partial charge in [0.25, 0.3) is 0 Å². The zero-order valence-electron chi connectivity index (χ0n) is 5.82. The Morgan fingerprint density at radius 2 is 2.11 bits per heavy atom. The van der Waals surface area contributed by atoms with Crippen molar-refractivity contribution in [1.29, 1.82) is 0 Å². The first kappa shape index (κ1) is 8.60. The molecule has 0 unspecified atom stereocenters. The maximum Gasteiger partial charge on any atom is 0.132 e. The summed E-state index contributed by atoms with van der Waals surface area (Å²) in [6.07, 6.45) is 2.31. The molecule has 0 radical (unpaired) electrons. The fourth-order valence-electron chi connectivity index (χ4n) is 0.668. The van der Waals surface area contributed by atoms with Gasteiger partial charge in [0.15, 0.2) is 0 Å². The first-order valence-electron chi connectivity index (χ1n) is 3.39. The summed E-state index contributed by atoms with van der Waals surface area (Å²) in [6.45, 7) is 1.59. The van der Waals surface area contributed by atoms with Crippen LogP contribution < -0.4 is 0 Å². The molecule has 0 amide bonds. The maximum absolute atomic E-state index is 11.4. The maximum atomic E-state index is 11.4. The minimum Gasteiger partial charge on any atom is -0.300 e. The molecule has 0 saturated heterocycles. The molecular formula is C7H13FO. The molecular weight excluding hydrogens is 119 g/mol. The molecule has 0 aromatic heterocycles. The average Bonchev–Trinajstić information content (AvgIpc) is 1.85. The van der Waals surface area contributed by atoms with Gasteiger partial charge in [0.05, 0.1) is 6.67 Å². The van der Waals surface area contributed by atoms with Crippen LogP contribution in [-0.4, -0.2) is 12.5 Å². The summed E-state index contributed by atoms with van der Waals surface area (Å²) in [7, 11) is 0. The van der Waals surface area contributed by atoms with Crippen molar-refractivity contribution < 1.29 is 9.18 Å². The van der Waals surface area contributed by atoms with Gasteiger partial charge in [-0.25, -0.2) is 0 Å². The van der Waals surface area contributed by atoms with Crippen molar-refractivity contribution in [3.8, 4) is 0 Å². The molecule has 0 aromatic rings. The number of hydrogen-bond donors (Lipinski definition) is 0. The lowest BCUT2D eigenvalue weighted by molar-refractivity contribution is -0.119. The highest BCUT2D eigenvalue weighted by atomic mass is 19.1. The highest BCUT2D eigenvalue weighted by Crippen LogP contribution is 1.97. The molecule has 54 valence electrons. The molecule has 0 rings (SSSR count). The second-order valence-corrected chi connectivity index (χ2v) is 2.08. The molecule has 0 aliphatic rings. The van der Waals surface area contributed by atoms with Crippen LogP contribution in [0, 0.1) is 0 Å². The van der Waals surface area contributed by atoms with Gasteiger partial charge in [-0.3, -0.25) is 9.18 Å². The normalized spacial score (nSPS) is 9.56. The summed E-state index contributed by atoms with van der Waals surface area (Å²) in [5.74, 6) is 0.190. The molecule has 0 aliphatic heterocycles. The Balaban J connectivity index is 3.06. The lowest BCUT2D eigenvalue weighted by atomic mass is 10.1. The summed E-state index contributed by atoms with van der Waals surface area (Å²) in [5.41, 5.74) is 0. The van der Waals surface area contributed by atoms with E-state index in [1.54, 1.807) is 0 Å². The molecule has 0 bridgehead atoms. The Bertz CT molecular complexity index is 81.0. The third kappa shape index (κ3) is 5.47. The first-order valence-corrected chi connectivity index (χ1v) is 3.39. The van der Waals surface area contributed by atoms with Crippen LogP contribution in [0.2, 0.25) is 0 Å². The topological polar surface area (TPSA) is 17.1 Å². The van der Waals surface area contributed by atoms with Gasteiger partial charge in [-0.15, -0.1) is 0 Å². The van der Waals surface area contributed by atoms with Crippen molar-refractivity contribution >= 4 is 5.78 Å². The SMILES string of the molecule is CCCC(=O)CCCF. The van der Waals surface area contributed by atoms with Crippen LogP contribution in [0.15, 0.2) is 0 Å². The third-order valence-corrected chi connectivity index (χ3v) is 1.12. The van der Waals surface area contributed by atoms with E-state index in [1.165, 1.54) is 0 Å². The van der Waals surface area contributed by atoms with Crippen LogP contribution in [-0.2, 0) is 4.79 Å². The number of Topliss-reactive ketones (excluding diaryl/α,β-unsaturated/α-hetero) is 1. The van der Waals surface area contributed by atoms with Gasteiger partial charge in [0.1, 0.15) is 5.78 Å². The van der Waals surface area contributed by atoms with Crippen LogP contribution in [0.25, 0.3) is 0 Å². The molecule has 0 aromatic carbocycles. The standard InChI is InChI=1S/C7H13FO/c1-2-4-7(9)5-3-6-8/h2-6H2,1H3. The molecule has 0 heterocycles. The molecule has 0 N–H and O–H groups in total. The lowest BCUT2D eigenvalue weighted by Gasteiger charge is -1.92. The zero-order chi connectivity index (χ0) is 7.11. The van der Waals surface area contributed by atoms with Crippen LogP contribution in [0.1, 0.15) is 32.6 Å². The summed E-state index contributed by atoms with van der Waals surface area (Å²) in [4.78, 5) is 10.6. The number of carbonyl (C=O) groups excluding carboxylic acids is 1. The molecule has 0 fully saturated rings. The zero-order valence-corrected chi connectivity index (χ0v) is 5.82. The Morgan fingerprint density at radius 1 is 1.44 bits per heavy atom. The second-order valence-electron chi connectivity index (χ2n) is 2.08. The highest BCUT2D eigenvalue weighted by Gasteiger charge is 1.97. The van der Waals surface area contributed by atoms with Crippen LogP contribution in [0.5, 0.6) is 0 Å². The van der Waals surface area contributed by atoms with Crippen molar-refractivity contribution in [2.45, 2.75) is 32.6 Å². The van der Waals surface area contributed by atoms with Crippen LogP contribution in [0.3, 0.4) is 0 Å². The first-order chi connectivity index (χ1) is 4.31. The van der Waals surface area contributed by atoms with E-state index < -0.39 is 0 Å². The van der Waals surface area contributed by atoms with Gasteiger partial charge >= 0.3 is 0 Å². The van der Waals surface area contributed by atoms with Gasteiger partial charge in [0, 0.05) is 12.8 Å². The smallest absolute Gasteiger partial charge is 0.132 e. The number of alkyl halides is 1. The number of ketones is 1. The Labute approximate surface area is 55.3 Å². The minimum absolute atomic E-state index is 0.190. The van der Waals surface area contributed by atoms with E-state index in [-0.39, 0.29) is 12.5 Å². The van der Waals surface area contributed by atoms with Crippen molar-refractivity contribution in [3.05, 3.63) is 0 Å². The van der Waals surface area contributed by atoms with E-state index in [9.17, 15) is 9.18 Å². The average molecular weight is 132 g/mol. The quantitative estimate of drug-likeness (QED) is 0.560. The Morgan fingerprint density at radius 3 is 2.56 bits per heavy atom. The summed E-state index contributed by atoms with van der Waals surface area (Å²) in [5, 5.41) is 0. The monoisotopic (exact) mass is 132 g/mol. The van der Waals surface area contributed by atoms with Gasteiger partial charge in [-0.1, -0.05) is 6.92 Å². The Hall–Kier alpha value is -0.400. The van der Waals surface area contributed by atoms with E-state index in [4.69, 9.17) is 0 Å². The summed E-state index contributed by atoms with van der Waals surface area (Å²) in [6, 6.07) is 0. The fourth-order valence-corrected chi connectivity index (χ4v) is 0.668. The predicted octanol–water partition coefficient (Wildman–Crippen LogP) is 2.11. The van der Waals surface area contributed by atoms with E-state index >= 15 is 0 Å². The summed E-state index contributed by atoms with van der Waals surface area (Å²) < 4.78 is 11.4. The number of halogens is 1. The number of carbonyl (C=O) groups is 1. The number of hydrogen-bond acceptors (Lipinski definition) is 1.